The summed E-state index contributed by atoms with van der Waals surface area (Å²) in [5, 5.41) is 14.6. The molecule has 1 saturated heterocycles. The first-order chi connectivity index (χ1) is 10.6. The van der Waals surface area contributed by atoms with Crippen molar-refractivity contribution in [1.82, 2.24) is 4.90 Å². The molecule has 0 aliphatic carbocycles. The first-order valence-electron chi connectivity index (χ1n) is 7.03. The Balaban J connectivity index is 2.04. The first kappa shape index (κ1) is 15.8. The van der Waals surface area contributed by atoms with Gasteiger partial charge in [-0.25, -0.2) is 0 Å². The molecule has 1 aliphatic heterocycles. The van der Waals surface area contributed by atoms with Gasteiger partial charge < -0.3 is 5.11 Å². The van der Waals surface area contributed by atoms with Crippen LogP contribution in [0.25, 0.3) is 0 Å². The van der Waals surface area contributed by atoms with Gasteiger partial charge in [0.05, 0.1) is 16.1 Å². The van der Waals surface area contributed by atoms with E-state index >= 15 is 0 Å². The lowest BCUT2D eigenvalue weighted by atomic mass is 9.98. The van der Waals surface area contributed by atoms with E-state index in [4.69, 9.17) is 23.2 Å². The first-order valence-corrected chi connectivity index (χ1v) is 8.73. The Labute approximate surface area is 143 Å². The second-order valence-electron chi connectivity index (χ2n) is 5.37. The highest BCUT2D eigenvalue weighted by atomic mass is 35.5. The van der Waals surface area contributed by atoms with Crippen LogP contribution in [0.1, 0.15) is 30.0 Å². The third-order valence-corrected chi connectivity index (χ3v) is 5.47. The van der Waals surface area contributed by atoms with Gasteiger partial charge in [-0.1, -0.05) is 29.3 Å². The Morgan fingerprint density at radius 1 is 1.27 bits per heavy atom. The third kappa shape index (κ3) is 3.01. The fourth-order valence-electron chi connectivity index (χ4n) is 3.05. The van der Waals surface area contributed by atoms with E-state index in [-0.39, 0.29) is 6.04 Å². The van der Waals surface area contributed by atoms with Crippen LogP contribution in [0.15, 0.2) is 35.0 Å². The highest BCUT2D eigenvalue weighted by Gasteiger charge is 2.37. The number of hydrogen-bond acceptors (Lipinski definition) is 3. The Morgan fingerprint density at radius 3 is 2.73 bits per heavy atom. The van der Waals surface area contributed by atoms with E-state index in [0.29, 0.717) is 16.5 Å². The normalized spacial score (nSPS) is 20.2. The minimum atomic E-state index is -0.766. The van der Waals surface area contributed by atoms with Crippen molar-refractivity contribution in [2.24, 2.45) is 0 Å². The van der Waals surface area contributed by atoms with E-state index in [0.717, 1.165) is 24.1 Å². The van der Waals surface area contributed by atoms with E-state index in [1.165, 1.54) is 0 Å². The van der Waals surface area contributed by atoms with Gasteiger partial charge in [0.15, 0.2) is 0 Å². The Kier molecular flexibility index (Phi) is 4.73. The topological polar surface area (TPSA) is 40.5 Å². The Hall–Kier alpha value is -1.07. The number of likely N-dealkylation sites (tertiary alicyclic amines) is 1. The van der Waals surface area contributed by atoms with Gasteiger partial charge in [0, 0.05) is 6.54 Å². The maximum absolute atomic E-state index is 11.6. The molecule has 2 aromatic rings. The van der Waals surface area contributed by atoms with Crippen LogP contribution in [0.2, 0.25) is 10.0 Å². The molecule has 0 amide bonds. The average Bonchev–Trinajstić information content (AvgIpc) is 3.15. The zero-order valence-corrected chi connectivity index (χ0v) is 14.0. The van der Waals surface area contributed by atoms with Crippen LogP contribution in [0.5, 0.6) is 0 Å². The molecule has 1 aliphatic rings. The van der Waals surface area contributed by atoms with E-state index in [9.17, 15) is 9.90 Å². The molecular formula is C16H15Cl2NO2S. The minimum Gasteiger partial charge on any atom is -0.480 e. The van der Waals surface area contributed by atoms with Crippen molar-refractivity contribution >= 4 is 40.5 Å². The van der Waals surface area contributed by atoms with Crippen molar-refractivity contribution in [3.63, 3.8) is 0 Å². The number of aliphatic carboxylic acids is 1. The SMILES string of the molecule is O=C(O)C1CCCN1C(c1ccsc1)c1ccc(Cl)c(Cl)c1. The number of benzene rings is 1. The number of carbonyl (C=O) groups is 1. The van der Waals surface area contributed by atoms with Crippen LogP contribution >= 0.6 is 34.5 Å². The predicted octanol–water partition coefficient (Wildman–Crippen LogP) is 4.69. The molecule has 116 valence electrons. The van der Waals surface area contributed by atoms with Crippen molar-refractivity contribution in [3.05, 3.63) is 56.2 Å². The van der Waals surface area contributed by atoms with Crippen LogP contribution in [-0.4, -0.2) is 28.6 Å². The molecule has 2 atom stereocenters. The lowest BCUT2D eigenvalue weighted by Gasteiger charge is -2.31. The van der Waals surface area contributed by atoms with Gasteiger partial charge in [-0.3, -0.25) is 9.69 Å². The molecule has 3 nitrogen and oxygen atoms in total. The van der Waals surface area contributed by atoms with E-state index < -0.39 is 12.0 Å². The second kappa shape index (κ2) is 6.59. The van der Waals surface area contributed by atoms with Gasteiger partial charge >= 0.3 is 5.97 Å². The third-order valence-electron chi connectivity index (χ3n) is 4.03. The number of carboxylic acid groups (broad SMARTS) is 1. The zero-order valence-electron chi connectivity index (χ0n) is 11.7. The lowest BCUT2D eigenvalue weighted by Crippen LogP contribution is -2.39. The molecule has 22 heavy (non-hydrogen) atoms. The number of rotatable bonds is 4. The second-order valence-corrected chi connectivity index (χ2v) is 6.96. The monoisotopic (exact) mass is 355 g/mol. The standard InChI is InChI=1S/C16H15Cl2NO2S/c17-12-4-3-10(8-13(12)18)15(11-5-7-22-9-11)19-6-1-2-14(19)16(20)21/h3-5,7-9,14-15H,1-2,6H2,(H,20,21). The molecule has 2 heterocycles. The van der Waals surface area contributed by atoms with Crippen molar-refractivity contribution in [2.75, 3.05) is 6.54 Å². The smallest absolute Gasteiger partial charge is 0.320 e. The summed E-state index contributed by atoms with van der Waals surface area (Å²) in [7, 11) is 0. The summed E-state index contributed by atoms with van der Waals surface area (Å²) in [6.07, 6.45) is 1.57. The fourth-order valence-corrected chi connectivity index (χ4v) is 4.04. The summed E-state index contributed by atoms with van der Waals surface area (Å²) in [4.78, 5) is 13.6. The Bertz CT molecular complexity index is 675. The molecule has 0 radical (unpaired) electrons. The van der Waals surface area contributed by atoms with Gasteiger partial charge in [-0.2, -0.15) is 11.3 Å². The molecule has 0 saturated carbocycles. The summed E-state index contributed by atoms with van der Waals surface area (Å²) in [5.74, 6) is -0.766. The molecule has 6 heteroatoms. The number of halogens is 2. The zero-order chi connectivity index (χ0) is 15.7. The van der Waals surface area contributed by atoms with Crippen LogP contribution in [0.4, 0.5) is 0 Å². The van der Waals surface area contributed by atoms with Crippen LogP contribution in [0, 0.1) is 0 Å². The van der Waals surface area contributed by atoms with Gasteiger partial charge in [0.1, 0.15) is 6.04 Å². The molecule has 1 N–H and O–H groups in total. The number of carboxylic acids is 1. The van der Waals surface area contributed by atoms with E-state index in [1.807, 2.05) is 28.5 Å². The number of hydrogen-bond donors (Lipinski definition) is 1. The molecule has 1 fully saturated rings. The van der Waals surface area contributed by atoms with Gasteiger partial charge in [-0.05, 0) is 52.9 Å². The van der Waals surface area contributed by atoms with Gasteiger partial charge in [-0.15, -0.1) is 0 Å². The largest absolute Gasteiger partial charge is 0.480 e. The van der Waals surface area contributed by atoms with Crippen molar-refractivity contribution in [1.29, 1.82) is 0 Å². The van der Waals surface area contributed by atoms with Crippen molar-refractivity contribution < 1.29 is 9.90 Å². The number of thiophene rings is 1. The molecule has 1 aromatic heterocycles. The molecule has 1 aromatic carbocycles. The van der Waals surface area contributed by atoms with Gasteiger partial charge in [0.25, 0.3) is 0 Å². The summed E-state index contributed by atoms with van der Waals surface area (Å²) >= 11 is 13.8. The summed E-state index contributed by atoms with van der Waals surface area (Å²) < 4.78 is 0. The van der Waals surface area contributed by atoms with Crippen molar-refractivity contribution in [3.8, 4) is 0 Å². The highest BCUT2D eigenvalue weighted by Crippen LogP contribution is 2.37. The summed E-state index contributed by atoms with van der Waals surface area (Å²) in [6.45, 7) is 0.762. The predicted molar refractivity (Wildman–Crippen MR) is 90.0 cm³/mol. The van der Waals surface area contributed by atoms with Crippen LogP contribution in [-0.2, 0) is 4.79 Å². The summed E-state index contributed by atoms with van der Waals surface area (Å²) in [5.41, 5.74) is 2.07. The highest BCUT2D eigenvalue weighted by molar-refractivity contribution is 7.08. The quantitative estimate of drug-likeness (QED) is 0.864. The molecular weight excluding hydrogens is 341 g/mol. The Morgan fingerprint density at radius 2 is 2.09 bits per heavy atom. The molecule has 0 bridgehead atoms. The van der Waals surface area contributed by atoms with E-state index in [1.54, 1.807) is 17.4 Å². The lowest BCUT2D eigenvalue weighted by molar-refractivity contribution is -0.142. The van der Waals surface area contributed by atoms with Gasteiger partial charge in [0.2, 0.25) is 0 Å². The van der Waals surface area contributed by atoms with E-state index in [2.05, 4.69) is 5.38 Å². The van der Waals surface area contributed by atoms with Crippen LogP contribution < -0.4 is 0 Å². The molecule has 2 unspecified atom stereocenters. The molecule has 0 spiro atoms. The maximum Gasteiger partial charge on any atom is 0.320 e. The number of nitrogens with zero attached hydrogens (tertiary/aromatic N) is 1. The van der Waals surface area contributed by atoms with Crippen molar-refractivity contribution in [2.45, 2.75) is 24.9 Å². The molecule has 3 rings (SSSR count). The van der Waals surface area contributed by atoms with Crippen LogP contribution in [0.3, 0.4) is 0 Å². The average molecular weight is 356 g/mol. The minimum absolute atomic E-state index is 0.107. The maximum atomic E-state index is 11.6. The fraction of sp³-hybridized carbons (Fsp3) is 0.312. The summed E-state index contributed by atoms with van der Waals surface area (Å²) in [6, 6.07) is 7.00.